The molecule has 31 nitrogen and oxygen atoms in total. The summed E-state index contributed by atoms with van der Waals surface area (Å²) < 4.78 is 26.9. The highest BCUT2D eigenvalue weighted by atomic mass is 16.6. The van der Waals surface area contributed by atoms with Crippen molar-refractivity contribution < 1.29 is 64.3 Å². The van der Waals surface area contributed by atoms with Crippen LogP contribution < -0.4 is 32.6 Å². The number of esters is 2. The number of amides is 1. The molecule has 0 spiro atoms. The second-order valence-electron chi connectivity index (χ2n) is 34.7. The number of phenols is 5. The zero-order valence-electron chi connectivity index (χ0n) is 72.3. The summed E-state index contributed by atoms with van der Waals surface area (Å²) in [4.78, 5) is 103. The average molecular weight is 1730 g/mol. The van der Waals surface area contributed by atoms with Crippen molar-refractivity contribution >= 4 is 61.6 Å². The molecule has 0 aliphatic carbocycles. The van der Waals surface area contributed by atoms with E-state index in [1.54, 1.807) is 76.4 Å². The summed E-state index contributed by atoms with van der Waals surface area (Å²) in [6.07, 6.45) is 11.5. The number of phenolic OH excluding ortho intramolecular Hbond substituents is 5. The number of H-pyrrole nitrogens is 2. The largest absolute Gasteiger partial charge is 0.508 e. The Morgan fingerprint density at radius 2 is 0.977 bits per heavy atom. The molecule has 1 amide bonds. The molecule has 20 rings (SSSR count). The molecule has 2 fully saturated rings. The van der Waals surface area contributed by atoms with E-state index in [0.717, 1.165) is 118 Å². The first-order valence-corrected chi connectivity index (χ1v) is 43.9. The molecule has 0 saturated carbocycles. The maximum absolute atomic E-state index is 13.7. The highest BCUT2D eigenvalue weighted by molar-refractivity contribution is 5.93. The minimum Gasteiger partial charge on any atom is -0.508 e. The summed E-state index contributed by atoms with van der Waals surface area (Å²) in [6, 6.07) is 35.5. The smallest absolute Gasteiger partial charge is 0.415 e. The van der Waals surface area contributed by atoms with Crippen molar-refractivity contribution in [1.82, 2.24) is 68.0 Å². The van der Waals surface area contributed by atoms with Gasteiger partial charge in [0.15, 0.2) is 22.9 Å². The number of hydrogen-bond donors (Lipinski definition) is 10. The number of hydrogen-bond acceptors (Lipinski definition) is 22. The molecule has 660 valence electrons. The molecular weight excluding hydrogens is 1630 g/mol. The van der Waals surface area contributed by atoms with E-state index in [1.165, 1.54) is 34.1 Å². The number of benzene rings is 6. The molecule has 6 aliphatic heterocycles. The van der Waals surface area contributed by atoms with Gasteiger partial charge in [0.1, 0.15) is 47.7 Å². The number of aromatic amines is 2. The van der Waals surface area contributed by atoms with Gasteiger partial charge in [-0.15, -0.1) is 0 Å². The van der Waals surface area contributed by atoms with Gasteiger partial charge >= 0.3 is 29.4 Å². The highest BCUT2D eigenvalue weighted by Gasteiger charge is 2.48. The van der Waals surface area contributed by atoms with E-state index < -0.39 is 40.6 Å². The lowest BCUT2D eigenvalue weighted by molar-refractivity contribution is -0.172. The van der Waals surface area contributed by atoms with Crippen molar-refractivity contribution in [3.05, 3.63) is 231 Å². The number of cyclic esters (lactones) is 2. The molecule has 2 saturated heterocycles. The van der Waals surface area contributed by atoms with Crippen molar-refractivity contribution in [3.8, 4) is 91.4 Å². The van der Waals surface area contributed by atoms with Crippen LogP contribution in [-0.4, -0.2) is 143 Å². The molecule has 0 bridgehead atoms. The predicted octanol–water partition coefficient (Wildman–Crippen LogP) is 13.4. The molecule has 10 N–H and O–H groups in total. The molecule has 128 heavy (non-hydrogen) atoms. The van der Waals surface area contributed by atoms with Crippen molar-refractivity contribution in [2.75, 3.05) is 26.2 Å². The maximum Gasteiger partial charge on any atom is 0.415 e. The summed E-state index contributed by atoms with van der Waals surface area (Å²) in [6.45, 7) is 20.6. The van der Waals surface area contributed by atoms with Crippen molar-refractivity contribution in [1.29, 1.82) is 0 Å². The van der Waals surface area contributed by atoms with Gasteiger partial charge in [0.05, 0.1) is 80.5 Å². The van der Waals surface area contributed by atoms with Crippen LogP contribution in [0.3, 0.4) is 0 Å². The van der Waals surface area contributed by atoms with Gasteiger partial charge in [0, 0.05) is 106 Å². The van der Waals surface area contributed by atoms with Crippen LogP contribution in [0.15, 0.2) is 153 Å². The SMILES string of the molecule is CC(C)c1cc(-c2n[nH]c(=O)n2-c2ccc3c(ccn3CCC3CCNCC3)c2)c(O)cc1O.CCc1c2c(nc3ccc(O)cc13)-c1cc3c(c(=O)n1C2)COC(=O)C3(O)CC.CCc1c2c(nc3ccc(OC(=O)N4CCC(CCn5ccc6cc(-n7c(-c8cc(C(C)C)c(O)cc8O)n[nH]c7=O)ccc65)CC4)cc13)-c1cc3c(c(=O)n1C2)COC(=O)C3(O)CC. The standard InChI is InChI=1S/C49H49N7O9.C26H31N5O3.C22H20N2O5/c1-5-31-33-20-30(8-9-38(33)50-43-35(31)24-55-40(43)22-37-36(45(55)59)25-64-46(60)49(37,63)6-2)65-48(62)54-16-12-27(13-17-54)11-15-53-18-14-28-19-29(7-10-39(28)53)56-44(51-52-47(56)61)34-21-32(26(3)4)41(57)23-42(34)58;1-16(2)20-14-21(24(33)15-23(20)32)25-28-29-26(34)31(25)19-3-4-22-18(13-19)8-12-30(22)11-7-17-5-9-27-10-6-17;1-3-12-13-7-11(25)5-6-17(13)23-19-14(12)9-24-18(19)8-16-15(20(24)26)10-29-21(27)22(16,28)4-2/h7-10,14,18-23,26-27,57-58,63H,5-6,11-13,15-17,24-25H2,1-4H3,(H,52,61);3-4,8,12-17,27,32-33H,5-7,9-11H2,1-2H3,(H,29,34);5-8,25,28H,3-4,9-10H2,1-2H3. The minimum atomic E-state index is -1.91. The number of nitrogens with one attached hydrogen (secondary N) is 3. The molecule has 6 aliphatic rings. The Labute approximate surface area is 732 Å². The lowest BCUT2D eigenvalue weighted by Gasteiger charge is -2.31. The third-order valence-corrected chi connectivity index (χ3v) is 26.8. The number of aromatic hydroxyl groups is 5. The first kappa shape index (κ1) is 84.9. The normalized spacial score (nSPS) is 17.1. The number of fused-ring (bicyclic) bond motifs is 12. The number of pyridine rings is 4. The van der Waals surface area contributed by atoms with E-state index >= 15 is 0 Å². The number of carbonyl (C=O) groups excluding carboxylic acids is 3. The predicted molar refractivity (Wildman–Crippen MR) is 480 cm³/mol. The van der Waals surface area contributed by atoms with Crippen molar-refractivity contribution in [2.45, 2.75) is 182 Å². The number of likely N-dealkylation sites (tertiary alicyclic amines) is 1. The zero-order chi connectivity index (χ0) is 89.8. The van der Waals surface area contributed by atoms with Gasteiger partial charge in [0.2, 0.25) is 0 Å². The molecule has 6 aromatic carbocycles. The fourth-order valence-corrected chi connectivity index (χ4v) is 19.5. The molecule has 14 heterocycles. The third kappa shape index (κ3) is 14.8. The van der Waals surface area contributed by atoms with Gasteiger partial charge in [-0.1, -0.05) is 55.4 Å². The fourth-order valence-electron chi connectivity index (χ4n) is 19.5. The minimum absolute atomic E-state index is 0.0184. The number of aromatic nitrogens is 12. The maximum atomic E-state index is 13.7. The van der Waals surface area contributed by atoms with Crippen LogP contribution in [-0.2, 0) is 82.5 Å². The molecule has 0 radical (unpaired) electrons. The van der Waals surface area contributed by atoms with Gasteiger partial charge in [-0.05, 0) is 232 Å². The quantitative estimate of drug-likeness (QED) is 0.0379. The summed E-state index contributed by atoms with van der Waals surface area (Å²) in [7, 11) is 0. The zero-order valence-corrected chi connectivity index (χ0v) is 72.3. The van der Waals surface area contributed by atoms with Crippen molar-refractivity contribution in [3.63, 3.8) is 0 Å². The average Bonchev–Trinajstić information content (AvgIpc) is 1.62. The van der Waals surface area contributed by atoms with Gasteiger partial charge in [0.25, 0.3) is 11.1 Å². The fraction of sp³-hybridized carbons (Fsp3) is 0.351. The van der Waals surface area contributed by atoms with Crippen LogP contribution in [0.2, 0.25) is 0 Å². The number of aryl methyl sites for hydroxylation is 4. The molecule has 14 aromatic rings. The topological polar surface area (TPSA) is 417 Å². The highest BCUT2D eigenvalue weighted by Crippen LogP contribution is 2.46. The van der Waals surface area contributed by atoms with Gasteiger partial charge in [-0.2, -0.15) is 10.2 Å². The molecule has 2 atom stereocenters. The van der Waals surface area contributed by atoms with E-state index in [1.807, 2.05) is 102 Å². The van der Waals surface area contributed by atoms with Crippen LogP contribution in [0.4, 0.5) is 4.79 Å². The number of piperidine rings is 2. The summed E-state index contributed by atoms with van der Waals surface area (Å²) in [5, 5.41) is 94.5. The number of rotatable bonds is 17. The number of carbonyl (C=O) groups is 3. The van der Waals surface area contributed by atoms with Crippen LogP contribution in [0.1, 0.15) is 174 Å². The second kappa shape index (κ2) is 33.5. The summed E-state index contributed by atoms with van der Waals surface area (Å²) >= 11 is 0. The second-order valence-corrected chi connectivity index (χ2v) is 34.7. The van der Waals surface area contributed by atoms with Crippen LogP contribution in [0.25, 0.3) is 101 Å². The van der Waals surface area contributed by atoms with E-state index in [9.17, 15) is 69.3 Å². The molecule has 8 aromatic heterocycles. The Kier molecular flexibility index (Phi) is 22.2. The number of nitrogens with zero attached hydrogens (tertiary/aromatic N) is 11. The molecule has 31 heteroatoms. The lowest BCUT2D eigenvalue weighted by atomic mass is 9.86. The Balaban J connectivity index is 0.000000146. The summed E-state index contributed by atoms with van der Waals surface area (Å²) in [5.74, 6) is 0.495. The van der Waals surface area contributed by atoms with E-state index in [0.29, 0.717) is 123 Å². The van der Waals surface area contributed by atoms with Crippen LogP contribution in [0, 0.1) is 11.8 Å². The molecule has 2 unspecified atom stereocenters. The van der Waals surface area contributed by atoms with Gasteiger partial charge in [-0.25, -0.2) is 53.3 Å². The summed E-state index contributed by atoms with van der Waals surface area (Å²) in [5.41, 5.74) is 9.08. The van der Waals surface area contributed by atoms with Crippen molar-refractivity contribution in [2.24, 2.45) is 11.8 Å². The first-order chi connectivity index (χ1) is 61.6. The Morgan fingerprint density at radius 3 is 1.43 bits per heavy atom. The third-order valence-electron chi connectivity index (χ3n) is 26.8. The van der Waals surface area contributed by atoms with Crippen LogP contribution in [0.5, 0.6) is 34.5 Å². The van der Waals surface area contributed by atoms with Gasteiger partial charge < -0.3 is 78.4 Å². The Bertz CT molecular complexity index is 7130. The first-order valence-electron chi connectivity index (χ1n) is 43.9. The number of aliphatic hydroxyl groups is 2. The van der Waals surface area contributed by atoms with E-state index in [2.05, 4.69) is 47.1 Å². The van der Waals surface area contributed by atoms with Crippen LogP contribution >= 0.6 is 0 Å². The molecular formula is C97H100N14O17. The lowest BCUT2D eigenvalue weighted by Crippen LogP contribution is -2.44. The monoisotopic (exact) mass is 1730 g/mol. The van der Waals surface area contributed by atoms with Gasteiger partial charge in [-0.3, -0.25) is 9.59 Å². The number of ether oxygens (including phenoxy) is 3. The Hall–Kier alpha value is -13.9. The van der Waals surface area contributed by atoms with E-state index in [4.69, 9.17) is 24.2 Å². The van der Waals surface area contributed by atoms with E-state index in [-0.39, 0.29) is 101 Å². The Morgan fingerprint density at radius 1 is 0.523 bits per heavy atom.